The van der Waals surface area contributed by atoms with Gasteiger partial charge in [0.15, 0.2) is 11.5 Å². The highest BCUT2D eigenvalue weighted by molar-refractivity contribution is 6.32. The zero-order chi connectivity index (χ0) is 16.0. The molecule has 4 heteroatoms. The van der Waals surface area contributed by atoms with E-state index in [4.69, 9.17) is 21.1 Å². The number of hydrogen-bond donors (Lipinski definition) is 1. The second-order valence-corrected chi connectivity index (χ2v) is 6.51. The minimum atomic E-state index is 0.0494. The minimum absolute atomic E-state index is 0.0494. The van der Waals surface area contributed by atoms with E-state index in [0.29, 0.717) is 23.1 Å². The Hall–Kier alpha value is -1.19. The molecule has 0 unspecified atom stereocenters. The minimum Gasteiger partial charge on any atom is -0.493 e. The van der Waals surface area contributed by atoms with Gasteiger partial charge < -0.3 is 14.8 Å². The lowest BCUT2D eigenvalue weighted by molar-refractivity contribution is 0.317. The Labute approximate surface area is 133 Å². The highest BCUT2D eigenvalue weighted by Crippen LogP contribution is 2.36. The van der Waals surface area contributed by atoms with E-state index in [0.717, 1.165) is 24.1 Å². The Kier molecular flexibility index (Phi) is 6.56. The molecule has 0 saturated carbocycles. The molecule has 0 aliphatic heterocycles. The van der Waals surface area contributed by atoms with Crippen LogP contribution in [0.25, 0.3) is 0 Å². The molecule has 1 N–H and O–H groups in total. The van der Waals surface area contributed by atoms with Crippen molar-refractivity contribution in [1.29, 1.82) is 0 Å². The standard InChI is InChI=1S/C17H26ClNO2/c1-7-12(2)11-21-16-14(18)8-13(9-15(16)20-6)10-19-17(3,4)5/h8-9,19H,2,7,10-11H2,1,3-6H3. The van der Waals surface area contributed by atoms with Crippen molar-refractivity contribution in [1.82, 2.24) is 5.32 Å². The Balaban J connectivity index is 2.89. The largest absolute Gasteiger partial charge is 0.493 e. The SMILES string of the molecule is C=C(CC)COc1c(Cl)cc(CNC(C)(C)C)cc1OC. The van der Waals surface area contributed by atoms with Gasteiger partial charge in [0, 0.05) is 12.1 Å². The number of methoxy groups -OCH3 is 1. The van der Waals surface area contributed by atoms with E-state index in [-0.39, 0.29) is 5.54 Å². The molecular formula is C17H26ClNO2. The smallest absolute Gasteiger partial charge is 0.180 e. The first-order valence-electron chi connectivity index (χ1n) is 7.17. The van der Waals surface area contributed by atoms with Crippen molar-refractivity contribution in [2.45, 2.75) is 46.2 Å². The Morgan fingerprint density at radius 2 is 2.00 bits per heavy atom. The molecule has 0 aliphatic carbocycles. The fourth-order valence-electron chi connectivity index (χ4n) is 1.66. The van der Waals surface area contributed by atoms with Gasteiger partial charge in [0.05, 0.1) is 12.1 Å². The van der Waals surface area contributed by atoms with Gasteiger partial charge >= 0.3 is 0 Å². The first-order chi connectivity index (χ1) is 9.76. The number of hydrogen-bond acceptors (Lipinski definition) is 3. The van der Waals surface area contributed by atoms with Gasteiger partial charge in [-0.2, -0.15) is 0 Å². The second kappa shape index (κ2) is 7.71. The maximum Gasteiger partial charge on any atom is 0.180 e. The van der Waals surface area contributed by atoms with Crippen LogP contribution in [0.3, 0.4) is 0 Å². The molecule has 0 spiro atoms. The molecule has 0 bridgehead atoms. The zero-order valence-electron chi connectivity index (χ0n) is 13.7. The predicted octanol–water partition coefficient (Wildman–Crippen LogP) is 4.58. The molecule has 1 aromatic rings. The first kappa shape index (κ1) is 17.9. The molecule has 1 aromatic carbocycles. The maximum absolute atomic E-state index is 6.33. The normalized spacial score (nSPS) is 11.3. The van der Waals surface area contributed by atoms with E-state index < -0.39 is 0 Å². The van der Waals surface area contributed by atoms with Crippen molar-refractivity contribution >= 4 is 11.6 Å². The highest BCUT2D eigenvalue weighted by Gasteiger charge is 2.14. The average molecular weight is 312 g/mol. The summed E-state index contributed by atoms with van der Waals surface area (Å²) in [6.45, 7) is 13.5. The predicted molar refractivity (Wildman–Crippen MR) is 89.5 cm³/mol. The van der Waals surface area contributed by atoms with Crippen LogP contribution in [0.1, 0.15) is 39.7 Å². The van der Waals surface area contributed by atoms with E-state index in [1.54, 1.807) is 7.11 Å². The van der Waals surface area contributed by atoms with Crippen molar-refractivity contribution in [2.24, 2.45) is 0 Å². The molecule has 0 fully saturated rings. The Morgan fingerprint density at radius 1 is 1.33 bits per heavy atom. The summed E-state index contributed by atoms with van der Waals surface area (Å²) in [5.41, 5.74) is 2.13. The lowest BCUT2D eigenvalue weighted by Crippen LogP contribution is -2.35. The van der Waals surface area contributed by atoms with Crippen LogP contribution in [0.4, 0.5) is 0 Å². The van der Waals surface area contributed by atoms with Crippen LogP contribution in [0.5, 0.6) is 11.5 Å². The molecular weight excluding hydrogens is 286 g/mol. The van der Waals surface area contributed by atoms with Gasteiger partial charge in [-0.1, -0.05) is 25.1 Å². The third kappa shape index (κ3) is 5.98. The van der Waals surface area contributed by atoms with Crippen LogP contribution >= 0.6 is 11.6 Å². The summed E-state index contributed by atoms with van der Waals surface area (Å²) in [6.07, 6.45) is 0.882. The Bertz CT molecular complexity index is 492. The quantitative estimate of drug-likeness (QED) is 0.748. The number of rotatable bonds is 7. The van der Waals surface area contributed by atoms with Crippen molar-refractivity contribution in [3.63, 3.8) is 0 Å². The third-order valence-electron chi connectivity index (χ3n) is 3.03. The van der Waals surface area contributed by atoms with Crippen molar-refractivity contribution in [3.05, 3.63) is 34.9 Å². The van der Waals surface area contributed by atoms with Crippen LogP contribution in [0.15, 0.2) is 24.3 Å². The summed E-state index contributed by atoms with van der Waals surface area (Å²) in [5.74, 6) is 1.23. The fraction of sp³-hybridized carbons (Fsp3) is 0.529. The molecule has 0 aliphatic rings. The fourth-order valence-corrected chi connectivity index (χ4v) is 1.95. The molecule has 118 valence electrons. The van der Waals surface area contributed by atoms with Crippen molar-refractivity contribution < 1.29 is 9.47 Å². The van der Waals surface area contributed by atoms with Gasteiger partial charge in [-0.25, -0.2) is 0 Å². The van der Waals surface area contributed by atoms with Gasteiger partial charge in [-0.3, -0.25) is 0 Å². The van der Waals surface area contributed by atoms with Crippen molar-refractivity contribution in [3.8, 4) is 11.5 Å². The summed E-state index contributed by atoms with van der Waals surface area (Å²) in [4.78, 5) is 0. The lowest BCUT2D eigenvalue weighted by atomic mass is 10.1. The van der Waals surface area contributed by atoms with Crippen molar-refractivity contribution in [2.75, 3.05) is 13.7 Å². The number of ether oxygens (including phenoxy) is 2. The van der Waals surface area contributed by atoms with Gasteiger partial charge in [-0.15, -0.1) is 0 Å². The number of nitrogens with one attached hydrogen (secondary N) is 1. The van der Waals surface area contributed by atoms with Crippen LogP contribution in [-0.2, 0) is 6.54 Å². The molecule has 0 radical (unpaired) electrons. The molecule has 3 nitrogen and oxygen atoms in total. The lowest BCUT2D eigenvalue weighted by Gasteiger charge is -2.21. The molecule has 0 saturated heterocycles. The highest BCUT2D eigenvalue weighted by atomic mass is 35.5. The summed E-state index contributed by atoms with van der Waals surface area (Å²) >= 11 is 6.33. The van der Waals surface area contributed by atoms with E-state index in [9.17, 15) is 0 Å². The van der Waals surface area contributed by atoms with E-state index in [1.807, 2.05) is 19.1 Å². The summed E-state index contributed by atoms with van der Waals surface area (Å²) in [5, 5.41) is 3.99. The van der Waals surface area contributed by atoms with Crippen LogP contribution in [-0.4, -0.2) is 19.3 Å². The number of benzene rings is 1. The molecule has 21 heavy (non-hydrogen) atoms. The van der Waals surface area contributed by atoms with Gasteiger partial charge in [-0.05, 0) is 50.5 Å². The molecule has 1 rings (SSSR count). The average Bonchev–Trinajstić information content (AvgIpc) is 2.42. The monoisotopic (exact) mass is 311 g/mol. The van der Waals surface area contributed by atoms with E-state index >= 15 is 0 Å². The first-order valence-corrected chi connectivity index (χ1v) is 7.55. The van der Waals surface area contributed by atoms with Crippen LogP contribution in [0.2, 0.25) is 5.02 Å². The topological polar surface area (TPSA) is 30.5 Å². The van der Waals surface area contributed by atoms with Gasteiger partial charge in [0.1, 0.15) is 6.61 Å². The molecule has 0 atom stereocenters. The summed E-state index contributed by atoms with van der Waals surface area (Å²) in [7, 11) is 1.62. The Morgan fingerprint density at radius 3 is 2.52 bits per heavy atom. The zero-order valence-corrected chi connectivity index (χ0v) is 14.4. The summed E-state index contributed by atoms with van der Waals surface area (Å²) in [6, 6.07) is 3.86. The summed E-state index contributed by atoms with van der Waals surface area (Å²) < 4.78 is 11.1. The van der Waals surface area contributed by atoms with Gasteiger partial charge in [0.25, 0.3) is 0 Å². The molecule has 0 aromatic heterocycles. The third-order valence-corrected chi connectivity index (χ3v) is 3.31. The number of halogens is 1. The maximum atomic E-state index is 6.33. The molecule has 0 amide bonds. The van der Waals surface area contributed by atoms with E-state index in [2.05, 4.69) is 32.7 Å². The second-order valence-electron chi connectivity index (χ2n) is 6.10. The van der Waals surface area contributed by atoms with Crippen LogP contribution in [0, 0.1) is 0 Å². The van der Waals surface area contributed by atoms with Gasteiger partial charge in [0.2, 0.25) is 0 Å². The van der Waals surface area contributed by atoms with E-state index in [1.165, 1.54) is 0 Å². The van der Waals surface area contributed by atoms with Crippen LogP contribution < -0.4 is 14.8 Å². The molecule has 0 heterocycles.